The van der Waals surface area contributed by atoms with Crippen LogP contribution >= 0.6 is 0 Å². The van der Waals surface area contributed by atoms with E-state index in [1.807, 2.05) is 31.2 Å². The van der Waals surface area contributed by atoms with Gasteiger partial charge in [0.15, 0.2) is 0 Å². The predicted octanol–water partition coefficient (Wildman–Crippen LogP) is 2.87. The molecule has 1 atom stereocenters. The average Bonchev–Trinajstić information content (AvgIpc) is 2.29. The van der Waals surface area contributed by atoms with Crippen LogP contribution in [0.2, 0.25) is 0 Å². The van der Waals surface area contributed by atoms with Crippen molar-refractivity contribution in [3.8, 4) is 5.75 Å². The Morgan fingerprint density at radius 3 is 2.38 bits per heavy atom. The lowest BCUT2D eigenvalue weighted by Gasteiger charge is -2.05. The third kappa shape index (κ3) is 2.14. The van der Waals surface area contributed by atoms with Crippen molar-refractivity contribution >= 4 is 10.8 Å². The van der Waals surface area contributed by atoms with Crippen LogP contribution in [0.15, 0.2) is 58.3 Å². The first-order chi connectivity index (χ1) is 7.68. The molecular formula is C13H12O2S. The predicted molar refractivity (Wildman–Crippen MR) is 64.0 cm³/mol. The van der Waals surface area contributed by atoms with Gasteiger partial charge in [-0.2, -0.15) is 0 Å². The van der Waals surface area contributed by atoms with E-state index in [9.17, 15) is 9.32 Å². The molecule has 0 saturated heterocycles. The third-order valence-corrected chi connectivity index (χ3v) is 3.72. The Morgan fingerprint density at radius 2 is 1.75 bits per heavy atom. The van der Waals surface area contributed by atoms with E-state index in [0.29, 0.717) is 9.79 Å². The highest BCUT2D eigenvalue weighted by Gasteiger charge is 2.10. The molecule has 3 heteroatoms. The molecule has 1 N–H and O–H groups in total. The van der Waals surface area contributed by atoms with Crippen LogP contribution in [0.4, 0.5) is 0 Å². The molecule has 2 rings (SSSR count). The highest BCUT2D eigenvalue weighted by Crippen LogP contribution is 2.25. The summed E-state index contributed by atoms with van der Waals surface area (Å²) < 4.78 is 12.1. The van der Waals surface area contributed by atoms with Crippen molar-refractivity contribution in [1.82, 2.24) is 0 Å². The molecule has 2 nitrogen and oxygen atoms in total. The van der Waals surface area contributed by atoms with Crippen LogP contribution in [-0.4, -0.2) is 9.32 Å². The van der Waals surface area contributed by atoms with Gasteiger partial charge in [0.05, 0.1) is 15.7 Å². The van der Waals surface area contributed by atoms with Gasteiger partial charge in [-0.1, -0.05) is 24.3 Å². The van der Waals surface area contributed by atoms with Crippen molar-refractivity contribution in [2.24, 2.45) is 0 Å². The zero-order valence-electron chi connectivity index (χ0n) is 8.88. The largest absolute Gasteiger partial charge is 0.507 e. The highest BCUT2D eigenvalue weighted by atomic mass is 32.2. The molecule has 0 aliphatic heterocycles. The monoisotopic (exact) mass is 232 g/mol. The zero-order chi connectivity index (χ0) is 11.5. The maximum atomic E-state index is 12.1. The molecule has 0 radical (unpaired) electrons. The fourth-order valence-electron chi connectivity index (χ4n) is 1.46. The number of rotatable bonds is 2. The Balaban J connectivity index is 2.42. The summed E-state index contributed by atoms with van der Waals surface area (Å²) in [6.07, 6.45) is 0. The van der Waals surface area contributed by atoms with Gasteiger partial charge in [0, 0.05) is 4.90 Å². The molecule has 0 saturated carbocycles. The molecule has 0 aliphatic carbocycles. The topological polar surface area (TPSA) is 37.3 Å². The van der Waals surface area contributed by atoms with Crippen LogP contribution in [0.25, 0.3) is 0 Å². The van der Waals surface area contributed by atoms with Crippen molar-refractivity contribution in [2.45, 2.75) is 16.7 Å². The molecule has 0 amide bonds. The summed E-state index contributed by atoms with van der Waals surface area (Å²) in [7, 11) is -1.32. The van der Waals surface area contributed by atoms with Gasteiger partial charge < -0.3 is 5.11 Å². The first-order valence-corrected chi connectivity index (χ1v) is 6.10. The SMILES string of the molecule is Cc1ccc(S(=O)c2ccccc2)c(O)c1. The van der Waals surface area contributed by atoms with Gasteiger partial charge in [0.2, 0.25) is 0 Å². The molecule has 0 fully saturated rings. The molecule has 1 unspecified atom stereocenters. The standard InChI is InChI=1S/C13H12O2S/c1-10-7-8-13(12(14)9-10)16(15)11-5-3-2-4-6-11/h2-9,14H,1H3. The maximum absolute atomic E-state index is 12.1. The van der Waals surface area contributed by atoms with Crippen LogP contribution in [0.5, 0.6) is 5.75 Å². The van der Waals surface area contributed by atoms with Gasteiger partial charge in [-0.3, -0.25) is 0 Å². The Morgan fingerprint density at radius 1 is 1.06 bits per heavy atom. The van der Waals surface area contributed by atoms with Gasteiger partial charge in [-0.05, 0) is 36.8 Å². The number of aromatic hydroxyl groups is 1. The Bertz CT molecular complexity index is 521. The highest BCUT2D eigenvalue weighted by molar-refractivity contribution is 7.85. The number of hydrogen-bond donors (Lipinski definition) is 1. The Kier molecular flexibility index (Phi) is 3.06. The van der Waals surface area contributed by atoms with Crippen LogP contribution in [0.3, 0.4) is 0 Å². The van der Waals surface area contributed by atoms with E-state index in [0.717, 1.165) is 5.56 Å². The van der Waals surface area contributed by atoms with Gasteiger partial charge >= 0.3 is 0 Å². The van der Waals surface area contributed by atoms with Gasteiger partial charge in [-0.25, -0.2) is 4.21 Å². The molecular weight excluding hydrogens is 220 g/mol. The van der Waals surface area contributed by atoms with Crippen molar-refractivity contribution < 1.29 is 9.32 Å². The summed E-state index contributed by atoms with van der Waals surface area (Å²) in [6.45, 7) is 1.88. The average molecular weight is 232 g/mol. The summed E-state index contributed by atoms with van der Waals surface area (Å²) in [4.78, 5) is 1.15. The first kappa shape index (κ1) is 10.9. The number of benzene rings is 2. The van der Waals surface area contributed by atoms with E-state index in [2.05, 4.69) is 0 Å². The summed E-state index contributed by atoms with van der Waals surface area (Å²) in [5.74, 6) is 0.0854. The Labute approximate surface area is 97.0 Å². The second-order valence-electron chi connectivity index (χ2n) is 3.55. The van der Waals surface area contributed by atoms with E-state index < -0.39 is 10.8 Å². The minimum Gasteiger partial charge on any atom is -0.507 e. The molecule has 16 heavy (non-hydrogen) atoms. The summed E-state index contributed by atoms with van der Waals surface area (Å²) in [6, 6.07) is 14.3. The number of phenols is 1. The lowest BCUT2D eigenvalue weighted by Crippen LogP contribution is -1.93. The van der Waals surface area contributed by atoms with Crippen molar-refractivity contribution in [1.29, 1.82) is 0 Å². The summed E-state index contributed by atoms with van der Waals surface area (Å²) in [5, 5.41) is 9.73. The van der Waals surface area contributed by atoms with E-state index in [1.165, 1.54) is 0 Å². The molecule has 0 aliphatic rings. The lowest BCUT2D eigenvalue weighted by atomic mass is 10.2. The van der Waals surface area contributed by atoms with E-state index in [1.54, 1.807) is 24.3 Å². The second-order valence-corrected chi connectivity index (χ2v) is 5.00. The first-order valence-electron chi connectivity index (χ1n) is 4.95. The quantitative estimate of drug-likeness (QED) is 0.864. The van der Waals surface area contributed by atoms with Crippen LogP contribution in [-0.2, 0) is 10.8 Å². The lowest BCUT2D eigenvalue weighted by molar-refractivity contribution is 0.460. The normalized spacial score (nSPS) is 12.3. The second kappa shape index (κ2) is 4.49. The third-order valence-electron chi connectivity index (χ3n) is 2.27. The van der Waals surface area contributed by atoms with E-state index >= 15 is 0 Å². The van der Waals surface area contributed by atoms with Gasteiger partial charge in [-0.15, -0.1) is 0 Å². The smallest absolute Gasteiger partial charge is 0.132 e. The zero-order valence-corrected chi connectivity index (χ0v) is 9.70. The van der Waals surface area contributed by atoms with E-state index in [4.69, 9.17) is 0 Å². The Hall–Kier alpha value is -1.61. The van der Waals surface area contributed by atoms with Crippen LogP contribution < -0.4 is 0 Å². The molecule has 0 heterocycles. The number of phenolic OH excluding ortho intramolecular Hbond substituents is 1. The molecule has 0 aromatic heterocycles. The molecule has 0 spiro atoms. The number of aryl methyl sites for hydroxylation is 1. The van der Waals surface area contributed by atoms with Crippen molar-refractivity contribution in [3.63, 3.8) is 0 Å². The van der Waals surface area contributed by atoms with E-state index in [-0.39, 0.29) is 5.75 Å². The van der Waals surface area contributed by atoms with Crippen molar-refractivity contribution in [3.05, 3.63) is 54.1 Å². The molecule has 2 aromatic carbocycles. The molecule has 82 valence electrons. The van der Waals surface area contributed by atoms with Crippen LogP contribution in [0.1, 0.15) is 5.56 Å². The summed E-state index contributed by atoms with van der Waals surface area (Å²) >= 11 is 0. The molecule has 0 bridgehead atoms. The number of hydrogen-bond acceptors (Lipinski definition) is 2. The fraction of sp³-hybridized carbons (Fsp3) is 0.0769. The van der Waals surface area contributed by atoms with Gasteiger partial charge in [0.1, 0.15) is 5.75 Å². The fourth-order valence-corrected chi connectivity index (χ4v) is 2.55. The molecule has 2 aromatic rings. The van der Waals surface area contributed by atoms with Crippen molar-refractivity contribution in [2.75, 3.05) is 0 Å². The maximum Gasteiger partial charge on any atom is 0.132 e. The van der Waals surface area contributed by atoms with Crippen LogP contribution in [0, 0.1) is 6.92 Å². The minimum absolute atomic E-state index is 0.0854. The minimum atomic E-state index is -1.32. The van der Waals surface area contributed by atoms with Gasteiger partial charge in [0.25, 0.3) is 0 Å². The summed E-state index contributed by atoms with van der Waals surface area (Å²) in [5.41, 5.74) is 0.950.